The second-order valence-corrected chi connectivity index (χ2v) is 6.78. The van der Waals surface area contributed by atoms with Crippen LogP contribution in [-0.2, 0) is 0 Å². The van der Waals surface area contributed by atoms with E-state index in [1.165, 1.54) is 23.5 Å². The van der Waals surface area contributed by atoms with Gasteiger partial charge in [-0.25, -0.2) is 4.98 Å². The molecule has 0 radical (unpaired) electrons. The minimum atomic E-state index is -0.615. The number of rotatable bonds is 7. The van der Waals surface area contributed by atoms with E-state index >= 15 is 0 Å². The van der Waals surface area contributed by atoms with E-state index in [2.05, 4.69) is 21.9 Å². The first-order chi connectivity index (χ1) is 10.1. The molecule has 0 aliphatic rings. The summed E-state index contributed by atoms with van der Waals surface area (Å²) < 4.78 is 0. The number of fused-ring (bicyclic) bond motifs is 1. The molecule has 2 aromatic heterocycles. The molecule has 0 saturated heterocycles. The number of nitrogens with one attached hydrogen (secondary N) is 2. The van der Waals surface area contributed by atoms with Gasteiger partial charge in [0.1, 0.15) is 5.65 Å². The summed E-state index contributed by atoms with van der Waals surface area (Å²) in [7, 11) is 0. The lowest BCUT2D eigenvalue weighted by atomic mass is 10.2. The Kier molecular flexibility index (Phi) is 5.35. The molecule has 0 bridgehead atoms. The first-order valence-electron chi connectivity index (χ1n) is 6.79. The van der Waals surface area contributed by atoms with Crippen LogP contribution in [0.1, 0.15) is 37.0 Å². The van der Waals surface area contributed by atoms with Crippen LogP contribution in [0.2, 0.25) is 0 Å². The van der Waals surface area contributed by atoms with Gasteiger partial charge in [0, 0.05) is 5.75 Å². The third-order valence-corrected chi connectivity index (χ3v) is 4.72. The van der Waals surface area contributed by atoms with Gasteiger partial charge in [-0.15, -0.1) is 11.8 Å². The van der Waals surface area contributed by atoms with Gasteiger partial charge >= 0.3 is 0 Å². The zero-order valence-electron chi connectivity index (χ0n) is 12.0. The molecule has 21 heavy (non-hydrogen) atoms. The van der Waals surface area contributed by atoms with Crippen molar-refractivity contribution < 1.29 is 4.79 Å². The molecule has 2 aromatic rings. The van der Waals surface area contributed by atoms with Crippen molar-refractivity contribution in [1.82, 2.24) is 15.0 Å². The molecule has 0 unspecified atom stereocenters. The third-order valence-electron chi connectivity index (χ3n) is 2.88. The largest absolute Gasteiger partial charge is 0.365 e. The first kappa shape index (κ1) is 16.0. The third kappa shape index (κ3) is 3.44. The minimum Gasteiger partial charge on any atom is -0.365 e. The van der Waals surface area contributed by atoms with Gasteiger partial charge in [0.15, 0.2) is 5.16 Å². The van der Waals surface area contributed by atoms with Crippen LogP contribution in [0, 0.1) is 0 Å². The maximum atomic E-state index is 12.2. The zero-order valence-corrected chi connectivity index (χ0v) is 13.6. The number of H-pyrrole nitrogens is 2. The molecular formula is C13H18N4O2S2. The zero-order chi connectivity index (χ0) is 15.4. The molecule has 0 aromatic carbocycles. The van der Waals surface area contributed by atoms with Crippen LogP contribution in [0.15, 0.2) is 15.0 Å². The van der Waals surface area contributed by atoms with Gasteiger partial charge in [-0.1, -0.05) is 32.0 Å². The molecule has 2 heterocycles. The smallest absolute Gasteiger partial charge is 0.261 e. The van der Waals surface area contributed by atoms with Gasteiger partial charge in [0.05, 0.1) is 16.0 Å². The fraction of sp³-hybridized carbons (Fsp3) is 0.462. The lowest BCUT2D eigenvalue weighted by molar-refractivity contribution is 0.0999. The molecule has 114 valence electrons. The van der Waals surface area contributed by atoms with E-state index in [1.807, 2.05) is 6.92 Å². The van der Waals surface area contributed by atoms with Crippen molar-refractivity contribution in [2.24, 2.45) is 5.73 Å². The Hall–Kier alpha value is -1.41. The minimum absolute atomic E-state index is 0.232. The summed E-state index contributed by atoms with van der Waals surface area (Å²) in [5, 5.41) is 1.42. The molecular weight excluding hydrogens is 308 g/mol. The van der Waals surface area contributed by atoms with Gasteiger partial charge in [0.2, 0.25) is 0 Å². The average molecular weight is 326 g/mol. The molecule has 2 rings (SSSR count). The fourth-order valence-corrected chi connectivity index (χ4v) is 3.68. The Bertz CT molecular complexity index is 708. The highest BCUT2D eigenvalue weighted by Crippen LogP contribution is 2.27. The van der Waals surface area contributed by atoms with Gasteiger partial charge in [-0.3, -0.25) is 9.59 Å². The summed E-state index contributed by atoms with van der Waals surface area (Å²) in [6.45, 7) is 4.07. The summed E-state index contributed by atoms with van der Waals surface area (Å²) >= 11 is 2.94. The van der Waals surface area contributed by atoms with Crippen molar-refractivity contribution in [2.45, 2.75) is 36.9 Å². The Morgan fingerprint density at radius 3 is 2.67 bits per heavy atom. The van der Waals surface area contributed by atoms with Gasteiger partial charge in [-0.2, -0.15) is 0 Å². The number of thioether (sulfide) groups is 2. The predicted octanol–water partition coefficient (Wildman–Crippen LogP) is 2.35. The Morgan fingerprint density at radius 2 is 2.05 bits per heavy atom. The second kappa shape index (κ2) is 7.04. The Morgan fingerprint density at radius 1 is 1.29 bits per heavy atom. The number of primary amides is 1. The van der Waals surface area contributed by atoms with E-state index < -0.39 is 5.91 Å². The molecule has 0 aliphatic heterocycles. The Balaban J connectivity index is 2.50. The van der Waals surface area contributed by atoms with Crippen molar-refractivity contribution in [3.05, 3.63) is 15.9 Å². The number of hydrogen-bond acceptors (Lipinski definition) is 5. The predicted molar refractivity (Wildman–Crippen MR) is 87.3 cm³/mol. The topological polar surface area (TPSA) is 105 Å². The Labute approximate surface area is 130 Å². The summed E-state index contributed by atoms with van der Waals surface area (Å²) in [5.41, 5.74) is 5.73. The quantitative estimate of drug-likeness (QED) is 0.411. The number of amides is 1. The molecule has 0 fully saturated rings. The average Bonchev–Trinajstić information content (AvgIpc) is 2.78. The van der Waals surface area contributed by atoms with E-state index in [0.717, 1.165) is 24.3 Å². The highest BCUT2D eigenvalue weighted by molar-refractivity contribution is 7.99. The highest BCUT2D eigenvalue weighted by atomic mass is 32.2. The standard InChI is InChI=1S/C13H18N4O2S2/c1-3-5-6-21-13-16-10-8(11(19)17-13)7(9(14)18)12(15-10)20-4-2/h3-6H2,1-2H3,(H2,14,18)(H2,15,16,17,19). The highest BCUT2D eigenvalue weighted by Gasteiger charge is 2.20. The van der Waals surface area contributed by atoms with Crippen LogP contribution >= 0.6 is 23.5 Å². The van der Waals surface area contributed by atoms with Crippen LogP contribution in [-0.4, -0.2) is 32.4 Å². The normalized spacial score (nSPS) is 11.1. The number of carbonyl (C=O) groups is 1. The molecule has 0 aliphatic carbocycles. The van der Waals surface area contributed by atoms with Crippen molar-refractivity contribution >= 4 is 40.5 Å². The van der Waals surface area contributed by atoms with E-state index in [4.69, 9.17) is 5.73 Å². The van der Waals surface area contributed by atoms with Crippen LogP contribution in [0.25, 0.3) is 11.0 Å². The van der Waals surface area contributed by atoms with Gasteiger partial charge in [-0.05, 0) is 12.2 Å². The lowest BCUT2D eigenvalue weighted by Gasteiger charge is -2.00. The number of unbranched alkanes of at least 4 members (excludes halogenated alkanes) is 1. The molecule has 0 saturated carbocycles. The van der Waals surface area contributed by atoms with Gasteiger partial charge < -0.3 is 15.7 Å². The summed E-state index contributed by atoms with van der Waals surface area (Å²) in [6.07, 6.45) is 2.14. The fourth-order valence-electron chi connectivity index (χ4n) is 1.93. The van der Waals surface area contributed by atoms with Crippen molar-refractivity contribution in [3.8, 4) is 0 Å². The van der Waals surface area contributed by atoms with E-state index in [0.29, 0.717) is 15.8 Å². The van der Waals surface area contributed by atoms with E-state index in [-0.39, 0.29) is 16.5 Å². The number of carbonyl (C=O) groups excluding carboxylic acids is 1. The van der Waals surface area contributed by atoms with Crippen molar-refractivity contribution in [1.29, 1.82) is 0 Å². The molecule has 1 amide bonds. The molecule has 8 heteroatoms. The number of hydrogen-bond donors (Lipinski definition) is 3. The number of aromatic amines is 2. The summed E-state index contributed by atoms with van der Waals surface area (Å²) in [4.78, 5) is 34.0. The lowest BCUT2D eigenvalue weighted by Crippen LogP contribution is -2.16. The first-order valence-corrected chi connectivity index (χ1v) is 8.77. The SMILES string of the molecule is CCCCSc1nc2[nH]c(SCC)c(C(N)=O)c2c(=O)[nH]1. The summed E-state index contributed by atoms with van der Waals surface area (Å²) in [5.74, 6) is 1.05. The van der Waals surface area contributed by atoms with Crippen molar-refractivity contribution in [3.63, 3.8) is 0 Å². The maximum Gasteiger partial charge on any atom is 0.261 e. The van der Waals surface area contributed by atoms with Crippen LogP contribution in [0.3, 0.4) is 0 Å². The number of nitrogens with zero attached hydrogens (tertiary/aromatic N) is 1. The monoisotopic (exact) mass is 326 g/mol. The van der Waals surface area contributed by atoms with Crippen LogP contribution in [0.5, 0.6) is 0 Å². The molecule has 0 spiro atoms. The van der Waals surface area contributed by atoms with Gasteiger partial charge in [0.25, 0.3) is 11.5 Å². The maximum absolute atomic E-state index is 12.2. The van der Waals surface area contributed by atoms with Crippen molar-refractivity contribution in [2.75, 3.05) is 11.5 Å². The summed E-state index contributed by atoms with van der Waals surface area (Å²) in [6, 6.07) is 0. The van der Waals surface area contributed by atoms with E-state index in [9.17, 15) is 9.59 Å². The van der Waals surface area contributed by atoms with Crippen LogP contribution < -0.4 is 11.3 Å². The van der Waals surface area contributed by atoms with Crippen LogP contribution in [0.4, 0.5) is 0 Å². The number of nitrogens with two attached hydrogens (primary N) is 1. The molecule has 4 N–H and O–H groups in total. The second-order valence-electron chi connectivity index (χ2n) is 4.42. The number of aromatic nitrogens is 3. The molecule has 6 nitrogen and oxygen atoms in total. The molecule has 0 atom stereocenters. The van der Waals surface area contributed by atoms with E-state index in [1.54, 1.807) is 0 Å².